The van der Waals surface area contributed by atoms with Crippen molar-refractivity contribution in [2.45, 2.75) is 147 Å². The van der Waals surface area contributed by atoms with Crippen molar-refractivity contribution in [3.63, 3.8) is 0 Å². The number of rotatable bonds is 38. The molecule has 0 saturated heterocycles. The monoisotopic (exact) mass is 879 g/mol. The molecule has 61 heavy (non-hydrogen) atoms. The third-order valence-corrected chi connectivity index (χ3v) is 9.93. The Morgan fingerprint density at radius 3 is 1.89 bits per heavy atom. The van der Waals surface area contributed by atoms with Gasteiger partial charge in [-0.3, -0.25) is 18.6 Å². The lowest BCUT2D eigenvalue weighted by atomic mass is 10.1. The van der Waals surface area contributed by atoms with Crippen LogP contribution in [0.15, 0.2) is 97.2 Å². The third kappa shape index (κ3) is 40.6. The van der Waals surface area contributed by atoms with Gasteiger partial charge in [0.2, 0.25) is 0 Å². The topological polar surface area (TPSA) is 169 Å². The van der Waals surface area contributed by atoms with Crippen molar-refractivity contribution < 1.29 is 57.4 Å². The number of likely N-dealkylation sites (N-methyl/N-ethyl adjacent to an activating group) is 1. The first-order valence-electron chi connectivity index (χ1n) is 22.3. The number of phosphoric acid groups is 1. The van der Waals surface area contributed by atoms with Gasteiger partial charge in [0.25, 0.3) is 0 Å². The minimum Gasteiger partial charge on any atom is -0.462 e. The summed E-state index contributed by atoms with van der Waals surface area (Å²) in [7, 11) is 1.25. The molecule has 0 aromatic heterocycles. The molecule has 0 fully saturated rings. The maximum Gasteiger partial charge on any atom is 0.472 e. The largest absolute Gasteiger partial charge is 0.472 e. The molecule has 0 aliphatic heterocycles. The van der Waals surface area contributed by atoms with Gasteiger partial charge in [0.15, 0.2) is 6.10 Å². The summed E-state index contributed by atoms with van der Waals surface area (Å²) in [6.07, 6.45) is 39.7. The van der Waals surface area contributed by atoms with Crippen LogP contribution in [0.3, 0.4) is 0 Å². The SMILES string of the molecule is CC/C=C\C[C@@H](O)/C=C/C=C/C=C\C=C/[C@H](O)[C@@H](O)CCCC(=O)OC[C@H](COP(=O)(O)OCC[N+](C)(C)C)OC(=O)CCCCCC/C=C\C/C=C\C/C=C\CCCCC. The quantitative estimate of drug-likeness (QED) is 0.0116. The van der Waals surface area contributed by atoms with E-state index in [-0.39, 0.29) is 32.3 Å². The molecule has 1 unspecified atom stereocenters. The van der Waals surface area contributed by atoms with Crippen LogP contribution >= 0.6 is 7.82 Å². The highest BCUT2D eigenvalue weighted by atomic mass is 31.2. The van der Waals surface area contributed by atoms with Gasteiger partial charge in [0.1, 0.15) is 19.8 Å². The Morgan fingerprint density at radius 2 is 1.25 bits per heavy atom. The number of unbranched alkanes of at least 4 members (excludes halogenated alkanes) is 7. The van der Waals surface area contributed by atoms with Crippen LogP contribution in [-0.2, 0) is 32.7 Å². The number of aliphatic hydroxyl groups is 3. The first-order chi connectivity index (χ1) is 29.2. The average molecular weight is 879 g/mol. The van der Waals surface area contributed by atoms with Crippen LogP contribution in [0.4, 0.5) is 0 Å². The zero-order valence-electron chi connectivity index (χ0n) is 37.9. The van der Waals surface area contributed by atoms with Crippen molar-refractivity contribution >= 4 is 19.8 Å². The maximum absolute atomic E-state index is 12.7. The minimum atomic E-state index is -4.47. The number of phosphoric ester groups is 1. The van der Waals surface area contributed by atoms with E-state index >= 15 is 0 Å². The number of hydrogen-bond acceptors (Lipinski definition) is 10. The van der Waals surface area contributed by atoms with Crippen molar-refractivity contribution in [1.29, 1.82) is 0 Å². The molecule has 13 heteroatoms. The molecular formula is C48H81NO11P+. The standard InChI is InChI=1S/C48H80NO11P/c1-6-8-10-11-12-13-14-15-16-17-18-19-20-21-22-27-31-37-48(54)60-44(42-59-61(55,56)58-40-39-49(3,4)5)41-57-47(53)38-32-36-46(52)45(51)35-30-26-24-23-25-29-34-43(50)33-28-9-7-2/h9,12-13,15-16,18-19,23-26,28-30,34-35,43-46,50-52H,6-8,10-11,14,17,20-22,27,31-33,36-42H2,1-5H3/p+1/b13-12-,16-15-,19-18-,25-23+,26-24-,28-9-,34-29+,35-30-/t43-,44-,45+,46+/m1/s1. The molecule has 0 bridgehead atoms. The number of aliphatic hydroxyl groups excluding tert-OH is 3. The summed E-state index contributed by atoms with van der Waals surface area (Å²) in [4.78, 5) is 35.4. The van der Waals surface area contributed by atoms with Crippen molar-refractivity contribution in [1.82, 2.24) is 0 Å². The van der Waals surface area contributed by atoms with Crippen LogP contribution in [0.2, 0.25) is 0 Å². The second kappa shape index (κ2) is 38.5. The fraction of sp³-hybridized carbons (Fsp3) is 0.625. The van der Waals surface area contributed by atoms with E-state index in [2.05, 4.69) is 43.4 Å². The lowest BCUT2D eigenvalue weighted by Crippen LogP contribution is -2.37. The number of hydrogen-bond donors (Lipinski definition) is 4. The smallest absolute Gasteiger partial charge is 0.462 e. The molecule has 348 valence electrons. The van der Waals surface area contributed by atoms with Gasteiger partial charge in [0, 0.05) is 12.8 Å². The van der Waals surface area contributed by atoms with Gasteiger partial charge in [-0.15, -0.1) is 0 Å². The van der Waals surface area contributed by atoms with E-state index in [1.54, 1.807) is 42.5 Å². The predicted molar refractivity (Wildman–Crippen MR) is 246 cm³/mol. The fourth-order valence-electron chi connectivity index (χ4n) is 5.30. The molecule has 0 heterocycles. The molecule has 12 nitrogen and oxygen atoms in total. The zero-order valence-corrected chi connectivity index (χ0v) is 38.8. The van der Waals surface area contributed by atoms with E-state index in [9.17, 15) is 34.4 Å². The second-order valence-corrected chi connectivity index (χ2v) is 17.4. The van der Waals surface area contributed by atoms with E-state index in [4.69, 9.17) is 18.5 Å². The molecular weight excluding hydrogens is 797 g/mol. The fourth-order valence-corrected chi connectivity index (χ4v) is 6.04. The van der Waals surface area contributed by atoms with Gasteiger partial charge in [-0.1, -0.05) is 137 Å². The highest BCUT2D eigenvalue weighted by molar-refractivity contribution is 7.47. The molecule has 0 saturated carbocycles. The molecule has 0 aliphatic carbocycles. The van der Waals surface area contributed by atoms with Gasteiger partial charge in [0.05, 0.1) is 46.1 Å². The Morgan fingerprint density at radius 1 is 0.656 bits per heavy atom. The molecule has 0 spiro atoms. The van der Waals surface area contributed by atoms with Crippen molar-refractivity contribution in [2.24, 2.45) is 0 Å². The van der Waals surface area contributed by atoms with E-state index in [0.29, 0.717) is 23.9 Å². The molecule has 4 N–H and O–H groups in total. The van der Waals surface area contributed by atoms with Gasteiger partial charge >= 0.3 is 19.8 Å². The summed E-state index contributed by atoms with van der Waals surface area (Å²) in [5, 5.41) is 30.5. The van der Waals surface area contributed by atoms with Crippen LogP contribution in [-0.4, -0.2) is 109 Å². The predicted octanol–water partition coefficient (Wildman–Crippen LogP) is 9.49. The van der Waals surface area contributed by atoms with Gasteiger partial charge < -0.3 is 34.2 Å². The number of allylic oxidation sites excluding steroid dienone is 13. The summed E-state index contributed by atoms with van der Waals surface area (Å²) in [6.45, 7) is 3.75. The molecule has 0 aromatic rings. The van der Waals surface area contributed by atoms with Crippen LogP contribution in [0.5, 0.6) is 0 Å². The lowest BCUT2D eigenvalue weighted by molar-refractivity contribution is -0.870. The Labute approximate surface area is 368 Å². The first kappa shape index (κ1) is 57.8. The van der Waals surface area contributed by atoms with Crippen LogP contribution < -0.4 is 0 Å². The van der Waals surface area contributed by atoms with E-state index in [0.717, 1.165) is 51.4 Å². The number of nitrogens with zero attached hydrogens (tertiary/aromatic N) is 1. The zero-order chi connectivity index (χ0) is 45.5. The summed E-state index contributed by atoms with van der Waals surface area (Å²) in [6, 6.07) is 0. The number of carbonyl (C=O) groups is 2. The number of ether oxygens (including phenoxy) is 2. The molecule has 0 radical (unpaired) electrons. The average Bonchev–Trinajstić information content (AvgIpc) is 3.20. The van der Waals surface area contributed by atoms with E-state index < -0.39 is 57.4 Å². The third-order valence-electron chi connectivity index (χ3n) is 8.94. The number of carbonyl (C=O) groups excluding carboxylic acids is 2. The lowest BCUT2D eigenvalue weighted by Gasteiger charge is -2.24. The summed E-state index contributed by atoms with van der Waals surface area (Å²) in [5.41, 5.74) is 0. The molecule has 0 rings (SSSR count). The Hall–Kier alpha value is -3.19. The van der Waals surface area contributed by atoms with Gasteiger partial charge in [-0.25, -0.2) is 4.57 Å². The Kier molecular flexibility index (Phi) is 36.5. The highest BCUT2D eigenvalue weighted by Gasteiger charge is 2.27. The van der Waals surface area contributed by atoms with Gasteiger partial charge in [-0.05, 0) is 70.6 Å². The Bertz CT molecular complexity index is 1410. The molecule has 0 amide bonds. The first-order valence-corrected chi connectivity index (χ1v) is 23.8. The number of esters is 2. The highest BCUT2D eigenvalue weighted by Crippen LogP contribution is 2.43. The van der Waals surface area contributed by atoms with Crippen LogP contribution in [0, 0.1) is 0 Å². The van der Waals surface area contributed by atoms with E-state index in [1.165, 1.54) is 25.3 Å². The minimum absolute atomic E-state index is 0.0346. The van der Waals surface area contributed by atoms with Crippen molar-refractivity contribution in [2.75, 3.05) is 47.5 Å². The molecule has 0 aromatic carbocycles. The van der Waals surface area contributed by atoms with Crippen molar-refractivity contribution in [3.8, 4) is 0 Å². The summed E-state index contributed by atoms with van der Waals surface area (Å²) < 4.78 is 34.0. The van der Waals surface area contributed by atoms with Crippen LogP contribution in [0.1, 0.15) is 123 Å². The van der Waals surface area contributed by atoms with Gasteiger partial charge in [-0.2, -0.15) is 0 Å². The van der Waals surface area contributed by atoms with Crippen LogP contribution in [0.25, 0.3) is 0 Å². The van der Waals surface area contributed by atoms with Crippen molar-refractivity contribution in [3.05, 3.63) is 97.2 Å². The molecule has 5 atom stereocenters. The maximum atomic E-state index is 12.7. The Balaban J connectivity index is 4.74. The summed E-state index contributed by atoms with van der Waals surface area (Å²) >= 11 is 0. The second-order valence-electron chi connectivity index (χ2n) is 15.9. The summed E-state index contributed by atoms with van der Waals surface area (Å²) in [5.74, 6) is -1.17. The number of quaternary nitrogens is 1. The normalized spacial score (nSPS) is 16.0. The van der Waals surface area contributed by atoms with E-state index in [1.807, 2.05) is 40.2 Å². The molecule has 0 aliphatic rings.